The molecule has 0 radical (unpaired) electrons. The van der Waals surface area contributed by atoms with Crippen LogP contribution < -0.4 is 10.4 Å². The van der Waals surface area contributed by atoms with Crippen LogP contribution in [-0.4, -0.2) is 11.9 Å². The molecule has 3 rings (SSSR count). The van der Waals surface area contributed by atoms with Crippen molar-refractivity contribution in [3.63, 3.8) is 0 Å². The third-order valence-corrected chi connectivity index (χ3v) is 4.67. The average molecular weight is 319 g/mol. The van der Waals surface area contributed by atoms with Gasteiger partial charge in [0.25, 0.3) is 0 Å². The van der Waals surface area contributed by atoms with Crippen molar-refractivity contribution in [1.82, 2.24) is 4.90 Å². The molecule has 0 saturated carbocycles. The molecule has 1 aliphatic rings. The molecule has 0 saturated heterocycles. The second kappa shape index (κ2) is 7.53. The number of benzene rings is 2. The Bertz CT molecular complexity index is 872. The number of likely N-dealkylation sites (N-methyl/N-ethyl adjacent to an activating group) is 1. The Morgan fingerprint density at radius 1 is 0.917 bits per heavy atom. The number of fused-ring (bicyclic) bond motifs is 1. The second-order valence-corrected chi connectivity index (χ2v) is 6.33. The molecule has 24 heavy (non-hydrogen) atoms. The molecule has 0 aromatic heterocycles. The molecule has 0 amide bonds. The van der Waals surface area contributed by atoms with Crippen molar-refractivity contribution in [3.05, 3.63) is 74.8 Å². The Morgan fingerprint density at radius 3 is 2.29 bits per heavy atom. The van der Waals surface area contributed by atoms with Crippen LogP contribution in [0.2, 0.25) is 0 Å². The van der Waals surface area contributed by atoms with E-state index in [1.807, 2.05) is 13.8 Å². The highest BCUT2D eigenvalue weighted by Crippen LogP contribution is 2.18. The summed E-state index contributed by atoms with van der Waals surface area (Å²) >= 11 is 0. The van der Waals surface area contributed by atoms with Gasteiger partial charge in [-0.1, -0.05) is 38.6 Å². The van der Waals surface area contributed by atoms with Crippen LogP contribution in [0.4, 0.5) is 0 Å². The van der Waals surface area contributed by atoms with Gasteiger partial charge in [-0.2, -0.15) is 0 Å². The van der Waals surface area contributed by atoms with Crippen molar-refractivity contribution >= 4 is 18.4 Å². The van der Waals surface area contributed by atoms with E-state index < -0.39 is 0 Å². The van der Waals surface area contributed by atoms with E-state index in [2.05, 4.69) is 81.9 Å². The fourth-order valence-corrected chi connectivity index (χ4v) is 2.96. The van der Waals surface area contributed by atoms with Gasteiger partial charge < -0.3 is 4.90 Å². The zero-order valence-corrected chi connectivity index (χ0v) is 15.9. The molecule has 0 spiro atoms. The van der Waals surface area contributed by atoms with Crippen molar-refractivity contribution in [2.75, 3.05) is 7.05 Å². The summed E-state index contributed by atoms with van der Waals surface area (Å²) in [7, 11) is 2.13. The summed E-state index contributed by atoms with van der Waals surface area (Å²) in [5.41, 5.74) is 7.94. The van der Waals surface area contributed by atoms with Crippen LogP contribution in [0.5, 0.6) is 0 Å². The fraction of sp³-hybridized carbons (Fsp3) is 0.304. The predicted octanol–water partition coefficient (Wildman–Crippen LogP) is 4.32. The Kier molecular flexibility index (Phi) is 5.66. The van der Waals surface area contributed by atoms with Gasteiger partial charge in [-0.25, -0.2) is 0 Å². The first-order chi connectivity index (χ1) is 11.5. The second-order valence-electron chi connectivity index (χ2n) is 6.33. The van der Waals surface area contributed by atoms with Crippen LogP contribution in [0.15, 0.2) is 36.5 Å². The molecule has 0 fully saturated rings. The highest BCUT2D eigenvalue weighted by Gasteiger charge is 2.12. The minimum Gasteiger partial charge on any atom is -0.354 e. The molecule has 0 atom stereocenters. The number of aryl methyl sites for hydroxylation is 3. The van der Waals surface area contributed by atoms with Gasteiger partial charge in [0.1, 0.15) is 0 Å². The number of hydrogen-bond donors (Lipinski definition) is 0. The summed E-state index contributed by atoms with van der Waals surface area (Å²) in [6, 6.07) is 11.2. The van der Waals surface area contributed by atoms with E-state index in [-0.39, 0.29) is 0 Å². The van der Waals surface area contributed by atoms with E-state index in [0.717, 1.165) is 11.6 Å². The van der Waals surface area contributed by atoms with Crippen molar-refractivity contribution in [3.8, 4) is 0 Å². The van der Waals surface area contributed by atoms with E-state index in [0.29, 0.717) is 0 Å². The molecule has 0 unspecified atom stereocenters. The Hall–Kier alpha value is -2.28. The van der Waals surface area contributed by atoms with E-state index in [9.17, 15) is 0 Å². The highest BCUT2D eigenvalue weighted by molar-refractivity contribution is 5.64. The maximum Gasteiger partial charge on any atom is 0.0294 e. The molecular weight excluding hydrogens is 290 g/mol. The molecule has 2 aromatic carbocycles. The SMILES string of the molecule is C=c1cc2c(cc1C)=C(Cc1ccc(C)c(C)c1)N(C)C=C2.CC. The third-order valence-electron chi connectivity index (χ3n) is 4.67. The van der Waals surface area contributed by atoms with Crippen molar-refractivity contribution in [2.45, 2.75) is 41.0 Å². The maximum absolute atomic E-state index is 4.12. The molecule has 2 aromatic rings. The summed E-state index contributed by atoms with van der Waals surface area (Å²) < 4.78 is 0. The first-order valence-electron chi connectivity index (χ1n) is 8.75. The average Bonchev–Trinajstić information content (AvgIpc) is 2.57. The standard InChI is InChI=1S/C21H23N.C2H6/c1-14-6-7-18(10-15(14)2)13-21-20-12-17(4)16(3)11-19(20)8-9-22(21)5;1-2/h6-12H,3,13H2,1-2,4-5H3;1-2H3. The Balaban J connectivity index is 0.00000100. The van der Waals surface area contributed by atoms with Crippen molar-refractivity contribution in [1.29, 1.82) is 0 Å². The third kappa shape index (κ3) is 3.62. The molecule has 0 aliphatic carbocycles. The molecule has 126 valence electrons. The molecule has 1 aliphatic heterocycles. The fourth-order valence-electron chi connectivity index (χ4n) is 2.96. The first-order valence-corrected chi connectivity index (χ1v) is 8.75. The van der Waals surface area contributed by atoms with Crippen LogP contribution in [-0.2, 0) is 6.42 Å². The van der Waals surface area contributed by atoms with E-state index >= 15 is 0 Å². The number of nitrogens with zero attached hydrogens (tertiary/aromatic N) is 1. The molecule has 1 nitrogen and oxygen atoms in total. The zero-order valence-electron chi connectivity index (χ0n) is 15.9. The van der Waals surface area contributed by atoms with Crippen LogP contribution >= 0.6 is 0 Å². The smallest absolute Gasteiger partial charge is 0.0294 e. The van der Waals surface area contributed by atoms with Crippen LogP contribution in [0.1, 0.15) is 41.7 Å². The monoisotopic (exact) mass is 319 g/mol. The van der Waals surface area contributed by atoms with Gasteiger partial charge in [0.15, 0.2) is 0 Å². The van der Waals surface area contributed by atoms with E-state index in [1.54, 1.807) is 0 Å². The van der Waals surface area contributed by atoms with Gasteiger partial charge in [0.2, 0.25) is 0 Å². The van der Waals surface area contributed by atoms with Crippen LogP contribution in [0, 0.1) is 20.8 Å². The van der Waals surface area contributed by atoms with Gasteiger partial charge >= 0.3 is 0 Å². The topological polar surface area (TPSA) is 3.24 Å². The van der Waals surface area contributed by atoms with Gasteiger partial charge in [0.05, 0.1) is 0 Å². The Morgan fingerprint density at radius 2 is 1.62 bits per heavy atom. The van der Waals surface area contributed by atoms with Gasteiger partial charge in [-0.3, -0.25) is 0 Å². The largest absolute Gasteiger partial charge is 0.354 e. The first kappa shape index (κ1) is 18.1. The molecule has 0 N–H and O–H groups in total. The van der Waals surface area contributed by atoms with Gasteiger partial charge in [0, 0.05) is 30.6 Å². The predicted molar refractivity (Wildman–Crippen MR) is 107 cm³/mol. The Labute approximate surface area is 146 Å². The van der Waals surface area contributed by atoms with Crippen molar-refractivity contribution in [2.24, 2.45) is 0 Å². The van der Waals surface area contributed by atoms with Crippen molar-refractivity contribution < 1.29 is 0 Å². The van der Waals surface area contributed by atoms with Crippen LogP contribution in [0.25, 0.3) is 18.4 Å². The van der Waals surface area contributed by atoms with Crippen LogP contribution in [0.3, 0.4) is 0 Å². The zero-order chi connectivity index (χ0) is 17.9. The van der Waals surface area contributed by atoms with Gasteiger partial charge in [-0.15, -0.1) is 0 Å². The summed E-state index contributed by atoms with van der Waals surface area (Å²) in [5, 5.41) is 2.44. The highest BCUT2D eigenvalue weighted by atomic mass is 15.1. The summed E-state index contributed by atoms with van der Waals surface area (Å²) in [4.78, 5) is 2.24. The lowest BCUT2D eigenvalue weighted by Crippen LogP contribution is -2.28. The van der Waals surface area contributed by atoms with E-state index in [4.69, 9.17) is 0 Å². The minimum absolute atomic E-state index is 0.949. The lowest BCUT2D eigenvalue weighted by Gasteiger charge is -2.24. The number of rotatable bonds is 2. The molecule has 1 heteroatoms. The normalized spacial score (nSPS) is 12.6. The quantitative estimate of drug-likeness (QED) is 0.797. The summed E-state index contributed by atoms with van der Waals surface area (Å²) in [5.74, 6) is 0. The number of hydrogen-bond acceptors (Lipinski definition) is 1. The lowest BCUT2D eigenvalue weighted by atomic mass is 9.97. The van der Waals surface area contributed by atoms with Gasteiger partial charge in [-0.05, 0) is 72.0 Å². The molecule has 0 bridgehead atoms. The summed E-state index contributed by atoms with van der Waals surface area (Å²) in [6.07, 6.45) is 5.27. The lowest BCUT2D eigenvalue weighted by molar-refractivity contribution is 0.629. The molecular formula is C23H29N. The minimum atomic E-state index is 0.949. The maximum atomic E-state index is 4.12. The van der Waals surface area contributed by atoms with E-state index in [1.165, 1.54) is 38.7 Å². The summed E-state index contributed by atoms with van der Waals surface area (Å²) in [6.45, 7) is 14.6. The molecule has 1 heterocycles.